The van der Waals surface area contributed by atoms with Crippen LogP contribution in [0.3, 0.4) is 0 Å². The summed E-state index contributed by atoms with van der Waals surface area (Å²) in [6, 6.07) is 13.7. The summed E-state index contributed by atoms with van der Waals surface area (Å²) < 4.78 is 0. The lowest BCUT2D eigenvalue weighted by Crippen LogP contribution is -1.99. The summed E-state index contributed by atoms with van der Waals surface area (Å²) in [6.07, 6.45) is 2.02. The van der Waals surface area contributed by atoms with Crippen molar-refractivity contribution in [3.8, 4) is 6.07 Å². The van der Waals surface area contributed by atoms with Gasteiger partial charge in [0.1, 0.15) is 11.9 Å². The number of aromatic nitrogens is 1. The van der Waals surface area contributed by atoms with Crippen LogP contribution in [-0.2, 0) is 0 Å². The number of para-hydroxylation sites is 1. The van der Waals surface area contributed by atoms with E-state index in [0.29, 0.717) is 11.4 Å². The Labute approximate surface area is 111 Å². The van der Waals surface area contributed by atoms with E-state index in [9.17, 15) is 0 Å². The zero-order valence-electron chi connectivity index (χ0n) is 10.3. The van der Waals surface area contributed by atoms with Gasteiger partial charge in [0.15, 0.2) is 0 Å². The van der Waals surface area contributed by atoms with E-state index in [1.54, 1.807) is 17.8 Å². The Bertz CT molecular complexity index is 602. The Morgan fingerprint density at radius 3 is 2.72 bits per heavy atom. The van der Waals surface area contributed by atoms with Crippen molar-refractivity contribution >= 4 is 23.3 Å². The molecule has 0 radical (unpaired) electrons. The minimum atomic E-state index is 0.552. The quantitative estimate of drug-likeness (QED) is 0.849. The lowest BCUT2D eigenvalue weighted by Gasteiger charge is -2.11. The maximum absolute atomic E-state index is 9.08. The van der Waals surface area contributed by atoms with Gasteiger partial charge in [-0.15, -0.1) is 11.8 Å². The summed E-state index contributed by atoms with van der Waals surface area (Å²) in [5.41, 5.74) is 2.41. The number of nitriles is 1. The molecule has 0 bridgehead atoms. The molecule has 1 aromatic carbocycles. The summed E-state index contributed by atoms with van der Waals surface area (Å²) in [6.45, 7) is 1.91. The molecule has 0 saturated carbocycles. The first-order valence-electron chi connectivity index (χ1n) is 5.52. The average molecular weight is 255 g/mol. The lowest BCUT2D eigenvalue weighted by molar-refractivity contribution is 1.18. The van der Waals surface area contributed by atoms with Gasteiger partial charge in [-0.3, -0.25) is 0 Å². The molecule has 0 unspecified atom stereocenters. The monoisotopic (exact) mass is 255 g/mol. The molecular weight excluding hydrogens is 242 g/mol. The van der Waals surface area contributed by atoms with Crippen LogP contribution in [0.15, 0.2) is 41.3 Å². The van der Waals surface area contributed by atoms with E-state index in [0.717, 1.165) is 16.3 Å². The Hall–Kier alpha value is -1.99. The van der Waals surface area contributed by atoms with Crippen molar-refractivity contribution in [3.05, 3.63) is 47.7 Å². The Balaban J connectivity index is 2.40. The average Bonchev–Trinajstić information content (AvgIpc) is 2.40. The number of thioether (sulfide) groups is 1. The second-order valence-corrected chi connectivity index (χ2v) is 4.63. The zero-order chi connectivity index (χ0) is 13.0. The third-order valence-corrected chi connectivity index (χ3v) is 3.31. The zero-order valence-corrected chi connectivity index (χ0v) is 11.1. The van der Waals surface area contributed by atoms with Crippen molar-refractivity contribution in [2.24, 2.45) is 0 Å². The molecule has 3 nitrogen and oxygen atoms in total. The molecule has 0 aliphatic heterocycles. The minimum Gasteiger partial charge on any atom is -0.338 e. The summed E-state index contributed by atoms with van der Waals surface area (Å²) in [5.74, 6) is 0.610. The standard InChI is InChI=1S/C14H13N3S/c1-10-7-8-11(9-15)14(16-10)17-12-5-3-4-6-13(12)18-2/h3-8H,1-2H3,(H,16,17). The van der Waals surface area contributed by atoms with E-state index in [1.807, 2.05) is 43.5 Å². The molecule has 0 saturated heterocycles. The van der Waals surface area contributed by atoms with Crippen LogP contribution in [0.4, 0.5) is 11.5 Å². The summed E-state index contributed by atoms with van der Waals surface area (Å²) in [4.78, 5) is 5.50. The van der Waals surface area contributed by atoms with E-state index in [1.165, 1.54) is 0 Å². The number of pyridine rings is 1. The van der Waals surface area contributed by atoms with Crippen molar-refractivity contribution in [2.45, 2.75) is 11.8 Å². The molecular formula is C14H13N3S. The van der Waals surface area contributed by atoms with E-state index >= 15 is 0 Å². The third kappa shape index (κ3) is 2.63. The molecule has 0 amide bonds. The van der Waals surface area contributed by atoms with Crippen LogP contribution in [0.2, 0.25) is 0 Å². The lowest BCUT2D eigenvalue weighted by atomic mass is 10.2. The largest absolute Gasteiger partial charge is 0.338 e. The maximum Gasteiger partial charge on any atom is 0.148 e. The van der Waals surface area contributed by atoms with Crippen molar-refractivity contribution in [1.82, 2.24) is 4.98 Å². The molecule has 1 heterocycles. The van der Waals surface area contributed by atoms with Gasteiger partial charge in [0.05, 0.1) is 11.3 Å². The fraction of sp³-hybridized carbons (Fsp3) is 0.143. The fourth-order valence-corrected chi connectivity index (χ4v) is 2.17. The summed E-state index contributed by atoms with van der Waals surface area (Å²) >= 11 is 1.66. The van der Waals surface area contributed by atoms with Gasteiger partial charge >= 0.3 is 0 Å². The van der Waals surface area contributed by atoms with E-state index in [2.05, 4.69) is 16.4 Å². The SMILES string of the molecule is CSc1ccccc1Nc1nc(C)ccc1C#N. The summed E-state index contributed by atoms with van der Waals surface area (Å²) in [7, 11) is 0. The predicted octanol–water partition coefficient (Wildman–Crippen LogP) is 3.73. The molecule has 1 N–H and O–H groups in total. The first-order chi connectivity index (χ1) is 8.74. The highest BCUT2D eigenvalue weighted by Gasteiger charge is 2.06. The van der Waals surface area contributed by atoms with Crippen molar-refractivity contribution in [2.75, 3.05) is 11.6 Å². The molecule has 2 aromatic rings. The normalized spacial score (nSPS) is 9.83. The number of aryl methyl sites for hydroxylation is 1. The third-order valence-electron chi connectivity index (χ3n) is 2.51. The van der Waals surface area contributed by atoms with Crippen molar-refractivity contribution in [3.63, 3.8) is 0 Å². The minimum absolute atomic E-state index is 0.552. The van der Waals surface area contributed by atoms with Gasteiger partial charge in [-0.2, -0.15) is 5.26 Å². The van der Waals surface area contributed by atoms with E-state index < -0.39 is 0 Å². The first-order valence-corrected chi connectivity index (χ1v) is 6.75. The van der Waals surface area contributed by atoms with Gasteiger partial charge in [0, 0.05) is 10.6 Å². The van der Waals surface area contributed by atoms with Crippen LogP contribution >= 0.6 is 11.8 Å². The van der Waals surface area contributed by atoms with Crippen molar-refractivity contribution < 1.29 is 0 Å². The highest BCUT2D eigenvalue weighted by atomic mass is 32.2. The number of hydrogen-bond donors (Lipinski definition) is 1. The van der Waals surface area contributed by atoms with Gasteiger partial charge in [-0.1, -0.05) is 12.1 Å². The molecule has 0 aliphatic rings. The second kappa shape index (κ2) is 5.56. The Morgan fingerprint density at radius 1 is 1.22 bits per heavy atom. The molecule has 0 atom stereocenters. The smallest absolute Gasteiger partial charge is 0.148 e. The number of nitrogens with zero attached hydrogens (tertiary/aromatic N) is 2. The van der Waals surface area contributed by atoms with Crippen LogP contribution in [-0.4, -0.2) is 11.2 Å². The van der Waals surface area contributed by atoms with Crippen LogP contribution in [0.1, 0.15) is 11.3 Å². The molecule has 0 spiro atoms. The molecule has 0 fully saturated rings. The predicted molar refractivity (Wildman–Crippen MR) is 75.2 cm³/mol. The highest BCUT2D eigenvalue weighted by molar-refractivity contribution is 7.98. The highest BCUT2D eigenvalue weighted by Crippen LogP contribution is 2.28. The van der Waals surface area contributed by atoms with E-state index in [4.69, 9.17) is 5.26 Å². The topological polar surface area (TPSA) is 48.7 Å². The Morgan fingerprint density at radius 2 is 2.00 bits per heavy atom. The number of hydrogen-bond acceptors (Lipinski definition) is 4. The van der Waals surface area contributed by atoms with Crippen LogP contribution in [0.25, 0.3) is 0 Å². The van der Waals surface area contributed by atoms with Crippen LogP contribution in [0, 0.1) is 18.3 Å². The van der Waals surface area contributed by atoms with Gasteiger partial charge in [0.25, 0.3) is 0 Å². The fourth-order valence-electron chi connectivity index (χ4n) is 1.62. The van der Waals surface area contributed by atoms with Crippen LogP contribution in [0.5, 0.6) is 0 Å². The van der Waals surface area contributed by atoms with Crippen LogP contribution < -0.4 is 5.32 Å². The molecule has 18 heavy (non-hydrogen) atoms. The van der Waals surface area contributed by atoms with Gasteiger partial charge in [-0.25, -0.2) is 4.98 Å². The molecule has 4 heteroatoms. The number of nitrogens with one attached hydrogen (secondary N) is 1. The molecule has 90 valence electrons. The second-order valence-electron chi connectivity index (χ2n) is 3.79. The molecule has 1 aromatic heterocycles. The molecule has 2 rings (SSSR count). The van der Waals surface area contributed by atoms with Crippen molar-refractivity contribution in [1.29, 1.82) is 5.26 Å². The maximum atomic E-state index is 9.08. The summed E-state index contributed by atoms with van der Waals surface area (Å²) in [5, 5.41) is 12.3. The number of rotatable bonds is 3. The van der Waals surface area contributed by atoms with E-state index in [-0.39, 0.29) is 0 Å². The van der Waals surface area contributed by atoms with Gasteiger partial charge in [0.2, 0.25) is 0 Å². The number of benzene rings is 1. The first kappa shape index (κ1) is 12.5. The molecule has 0 aliphatic carbocycles. The van der Waals surface area contributed by atoms with Gasteiger partial charge in [-0.05, 0) is 37.4 Å². The van der Waals surface area contributed by atoms with Gasteiger partial charge < -0.3 is 5.32 Å². The Kier molecular flexibility index (Phi) is 3.85. The number of anilines is 2.